The maximum absolute atomic E-state index is 13.0. The van der Waals surface area contributed by atoms with E-state index in [1.807, 2.05) is 6.92 Å². The molecule has 1 saturated carbocycles. The lowest BCUT2D eigenvalue weighted by atomic mass is 9.67. The lowest BCUT2D eigenvalue weighted by molar-refractivity contribution is -0.141. The second kappa shape index (κ2) is 6.83. The molecular weight excluding hydrogens is 332 g/mol. The molecule has 7 heteroatoms. The predicted molar refractivity (Wildman–Crippen MR) is 98.4 cm³/mol. The summed E-state index contributed by atoms with van der Waals surface area (Å²) in [5, 5.41) is 6.15. The van der Waals surface area contributed by atoms with E-state index in [-0.39, 0.29) is 29.8 Å². The number of piperazine rings is 1. The zero-order chi connectivity index (χ0) is 19.1. The molecule has 3 fully saturated rings. The molecule has 2 saturated heterocycles. The smallest absolute Gasteiger partial charge is 0.325 e. The van der Waals surface area contributed by atoms with Crippen LogP contribution in [0, 0.1) is 11.3 Å². The van der Waals surface area contributed by atoms with Gasteiger partial charge in [-0.2, -0.15) is 0 Å². The summed E-state index contributed by atoms with van der Waals surface area (Å²) in [6, 6.07) is -0.339. The molecule has 0 bridgehead atoms. The molecule has 7 nitrogen and oxygen atoms in total. The van der Waals surface area contributed by atoms with Crippen LogP contribution >= 0.6 is 0 Å². The molecule has 0 aromatic rings. The fourth-order valence-corrected chi connectivity index (χ4v) is 4.57. The highest BCUT2D eigenvalue weighted by atomic mass is 16.2. The number of nitrogens with one attached hydrogen (secondary N) is 2. The standard InChI is InChI=1S/C19H32N4O3/c1-13-11-20-9-10-22(13)15(24)12-23-16(25)19(21-17(23)26)7-5-14(6-8-19)18(2,3)4/h13-14,20H,5-12H2,1-4H3,(H,21,26)/t13-,14?,19?/m0/s1. The summed E-state index contributed by atoms with van der Waals surface area (Å²) in [6.45, 7) is 10.6. The maximum atomic E-state index is 13.0. The summed E-state index contributed by atoms with van der Waals surface area (Å²) in [4.78, 5) is 41.0. The van der Waals surface area contributed by atoms with Gasteiger partial charge in [-0.1, -0.05) is 20.8 Å². The van der Waals surface area contributed by atoms with E-state index in [4.69, 9.17) is 0 Å². The quantitative estimate of drug-likeness (QED) is 0.725. The van der Waals surface area contributed by atoms with E-state index >= 15 is 0 Å². The second-order valence-corrected chi connectivity index (χ2v) is 9.18. The van der Waals surface area contributed by atoms with Crippen molar-refractivity contribution in [3.63, 3.8) is 0 Å². The molecule has 0 aromatic carbocycles. The first-order valence-corrected chi connectivity index (χ1v) is 9.78. The molecule has 146 valence electrons. The van der Waals surface area contributed by atoms with Crippen LogP contribution in [-0.4, -0.2) is 65.4 Å². The van der Waals surface area contributed by atoms with E-state index < -0.39 is 11.6 Å². The molecule has 26 heavy (non-hydrogen) atoms. The van der Waals surface area contributed by atoms with Gasteiger partial charge in [0.05, 0.1) is 0 Å². The van der Waals surface area contributed by atoms with Crippen LogP contribution in [0.1, 0.15) is 53.4 Å². The van der Waals surface area contributed by atoms with Gasteiger partial charge in [0.2, 0.25) is 5.91 Å². The summed E-state index contributed by atoms with van der Waals surface area (Å²) in [7, 11) is 0. The fourth-order valence-electron chi connectivity index (χ4n) is 4.57. The third-order valence-electron chi connectivity index (χ3n) is 6.42. The van der Waals surface area contributed by atoms with E-state index in [1.54, 1.807) is 4.90 Å². The first-order chi connectivity index (χ1) is 12.1. The Balaban J connectivity index is 1.65. The Kier molecular flexibility index (Phi) is 5.03. The number of imide groups is 1. The lowest BCUT2D eigenvalue weighted by Crippen LogP contribution is -2.55. The van der Waals surface area contributed by atoms with Gasteiger partial charge in [0, 0.05) is 25.7 Å². The number of rotatable bonds is 2. The minimum atomic E-state index is -0.797. The van der Waals surface area contributed by atoms with Gasteiger partial charge in [-0.25, -0.2) is 4.79 Å². The second-order valence-electron chi connectivity index (χ2n) is 9.18. The van der Waals surface area contributed by atoms with Crippen LogP contribution in [0.25, 0.3) is 0 Å². The van der Waals surface area contributed by atoms with Crippen LogP contribution in [0.15, 0.2) is 0 Å². The monoisotopic (exact) mass is 364 g/mol. The summed E-state index contributed by atoms with van der Waals surface area (Å²) >= 11 is 0. The molecule has 0 aromatic heterocycles. The Morgan fingerprint density at radius 3 is 2.46 bits per heavy atom. The van der Waals surface area contributed by atoms with Crippen LogP contribution in [0.4, 0.5) is 4.79 Å². The zero-order valence-electron chi connectivity index (χ0n) is 16.4. The molecule has 0 unspecified atom stereocenters. The molecule has 2 N–H and O–H groups in total. The van der Waals surface area contributed by atoms with Crippen molar-refractivity contribution in [3.05, 3.63) is 0 Å². The van der Waals surface area contributed by atoms with Crippen molar-refractivity contribution in [2.24, 2.45) is 11.3 Å². The molecule has 1 spiro atoms. The molecule has 3 aliphatic rings. The number of amides is 4. The number of nitrogens with zero attached hydrogens (tertiary/aromatic N) is 2. The number of hydrogen-bond donors (Lipinski definition) is 2. The van der Waals surface area contributed by atoms with Crippen molar-refractivity contribution in [2.45, 2.75) is 65.0 Å². The van der Waals surface area contributed by atoms with Crippen LogP contribution in [0.2, 0.25) is 0 Å². The molecule has 3 rings (SSSR count). The molecular formula is C19H32N4O3. The summed E-state index contributed by atoms with van der Waals surface area (Å²) in [5.41, 5.74) is -0.588. The van der Waals surface area contributed by atoms with Gasteiger partial charge in [0.15, 0.2) is 0 Å². The lowest BCUT2D eigenvalue weighted by Gasteiger charge is -2.40. The molecule has 2 aliphatic heterocycles. The van der Waals surface area contributed by atoms with Crippen molar-refractivity contribution in [2.75, 3.05) is 26.2 Å². The van der Waals surface area contributed by atoms with E-state index in [2.05, 4.69) is 31.4 Å². The van der Waals surface area contributed by atoms with Crippen LogP contribution < -0.4 is 10.6 Å². The van der Waals surface area contributed by atoms with Crippen LogP contribution in [0.5, 0.6) is 0 Å². The van der Waals surface area contributed by atoms with Crippen molar-refractivity contribution >= 4 is 17.8 Å². The highest BCUT2D eigenvalue weighted by Gasteiger charge is 2.53. The first-order valence-electron chi connectivity index (χ1n) is 9.78. The third kappa shape index (κ3) is 3.46. The highest BCUT2D eigenvalue weighted by molar-refractivity contribution is 6.09. The normalized spacial score (nSPS) is 32.9. The fraction of sp³-hybridized carbons (Fsp3) is 0.842. The van der Waals surface area contributed by atoms with Crippen molar-refractivity contribution < 1.29 is 14.4 Å². The zero-order valence-corrected chi connectivity index (χ0v) is 16.4. The van der Waals surface area contributed by atoms with Crippen LogP contribution in [-0.2, 0) is 9.59 Å². The Morgan fingerprint density at radius 1 is 1.23 bits per heavy atom. The van der Waals surface area contributed by atoms with E-state index in [0.29, 0.717) is 25.3 Å². The molecule has 1 atom stereocenters. The number of urea groups is 1. The van der Waals surface area contributed by atoms with Gasteiger partial charge in [-0.3, -0.25) is 14.5 Å². The van der Waals surface area contributed by atoms with Gasteiger partial charge in [0.1, 0.15) is 12.1 Å². The number of carbonyl (C=O) groups excluding carboxylic acids is 3. The molecule has 2 heterocycles. The molecule has 4 amide bonds. The first kappa shape index (κ1) is 19.1. The SMILES string of the molecule is C[C@H]1CNCCN1C(=O)CN1C(=O)NC2(CCC(C(C)(C)C)CC2)C1=O. The minimum Gasteiger partial charge on any atom is -0.336 e. The Bertz CT molecular complexity index is 590. The average molecular weight is 364 g/mol. The predicted octanol–water partition coefficient (Wildman–Crippen LogP) is 1.33. The summed E-state index contributed by atoms with van der Waals surface area (Å²) < 4.78 is 0. The summed E-state index contributed by atoms with van der Waals surface area (Å²) in [5.74, 6) is 0.184. The minimum absolute atomic E-state index is 0.0770. The van der Waals surface area contributed by atoms with E-state index in [9.17, 15) is 14.4 Å². The highest BCUT2D eigenvalue weighted by Crippen LogP contribution is 2.43. The van der Waals surface area contributed by atoms with Crippen molar-refractivity contribution in [1.82, 2.24) is 20.4 Å². The average Bonchev–Trinajstić information content (AvgIpc) is 2.79. The third-order valence-corrected chi connectivity index (χ3v) is 6.42. The Labute approximate surface area is 155 Å². The molecule has 0 radical (unpaired) electrons. The topological polar surface area (TPSA) is 81.8 Å². The molecule has 1 aliphatic carbocycles. The summed E-state index contributed by atoms with van der Waals surface area (Å²) in [6.07, 6.45) is 3.17. The van der Waals surface area contributed by atoms with Gasteiger partial charge >= 0.3 is 6.03 Å². The van der Waals surface area contributed by atoms with E-state index in [1.165, 1.54) is 0 Å². The van der Waals surface area contributed by atoms with Gasteiger partial charge in [-0.15, -0.1) is 0 Å². The van der Waals surface area contributed by atoms with Crippen LogP contribution in [0.3, 0.4) is 0 Å². The number of hydrogen-bond acceptors (Lipinski definition) is 4. The van der Waals surface area contributed by atoms with Gasteiger partial charge in [0.25, 0.3) is 5.91 Å². The number of carbonyl (C=O) groups is 3. The van der Waals surface area contributed by atoms with Gasteiger partial charge in [-0.05, 0) is 43.9 Å². The Hall–Kier alpha value is -1.63. The largest absolute Gasteiger partial charge is 0.336 e. The maximum Gasteiger partial charge on any atom is 0.325 e. The Morgan fingerprint density at radius 2 is 1.88 bits per heavy atom. The van der Waals surface area contributed by atoms with Crippen molar-refractivity contribution in [1.29, 1.82) is 0 Å². The van der Waals surface area contributed by atoms with Crippen molar-refractivity contribution in [3.8, 4) is 0 Å². The van der Waals surface area contributed by atoms with Gasteiger partial charge < -0.3 is 15.5 Å². The van der Waals surface area contributed by atoms with E-state index in [0.717, 1.165) is 30.8 Å².